The first-order valence-corrected chi connectivity index (χ1v) is 11.5. The molecule has 1 saturated carbocycles. The second-order valence-electron chi connectivity index (χ2n) is 8.71. The molecule has 0 amide bonds. The van der Waals surface area contributed by atoms with Gasteiger partial charge in [-0.05, 0) is 57.6 Å². The Morgan fingerprint density at radius 1 is 1.12 bits per heavy atom. The maximum Gasteiger partial charge on any atom is 0.182 e. The van der Waals surface area contributed by atoms with E-state index in [1.165, 1.54) is 12.1 Å². The summed E-state index contributed by atoms with van der Waals surface area (Å²) >= 11 is 5.97. The van der Waals surface area contributed by atoms with Crippen LogP contribution in [0.25, 0.3) is 22.4 Å². The average Bonchev–Trinajstić information content (AvgIpc) is 3.62. The van der Waals surface area contributed by atoms with E-state index in [-0.39, 0.29) is 39.5 Å². The number of rotatable bonds is 4. The highest BCUT2D eigenvalue weighted by Gasteiger charge is 2.31. The molecule has 0 bridgehead atoms. The van der Waals surface area contributed by atoms with Gasteiger partial charge >= 0.3 is 0 Å². The van der Waals surface area contributed by atoms with Gasteiger partial charge in [-0.25, -0.2) is 24.3 Å². The van der Waals surface area contributed by atoms with Gasteiger partial charge in [-0.2, -0.15) is 5.10 Å². The summed E-state index contributed by atoms with van der Waals surface area (Å²) < 4.78 is 70.5. The zero-order valence-corrected chi connectivity index (χ0v) is 18.8. The third kappa shape index (κ3) is 3.95. The molecule has 2 aliphatic rings. The summed E-state index contributed by atoms with van der Waals surface area (Å²) in [5, 5.41) is 4.62. The van der Waals surface area contributed by atoms with Crippen LogP contribution >= 0.6 is 11.6 Å². The van der Waals surface area contributed by atoms with E-state index in [4.69, 9.17) is 24.6 Å². The number of hydrogen-bond acceptors (Lipinski definition) is 6. The quantitative estimate of drug-likeness (QED) is 0.371. The van der Waals surface area contributed by atoms with Gasteiger partial charge < -0.3 is 4.74 Å². The molecule has 1 saturated heterocycles. The minimum atomic E-state index is -2.89. The van der Waals surface area contributed by atoms with Crippen LogP contribution in [0.3, 0.4) is 0 Å². The summed E-state index contributed by atoms with van der Waals surface area (Å²) in [5.74, 6) is -0.623. The van der Waals surface area contributed by atoms with Crippen molar-refractivity contribution in [2.24, 2.45) is 0 Å². The first-order valence-electron chi connectivity index (χ1n) is 14.1. The summed E-state index contributed by atoms with van der Waals surface area (Å²) in [6.07, 6.45) is 6.81. The van der Waals surface area contributed by atoms with Crippen LogP contribution in [-0.4, -0.2) is 36.3 Å². The predicted octanol–water partition coefficient (Wildman–Crippen LogP) is 5.66. The normalized spacial score (nSPS) is 24.1. The molecule has 7 nitrogen and oxygen atoms in total. The lowest BCUT2D eigenvalue weighted by molar-refractivity contribution is 0.00396. The smallest absolute Gasteiger partial charge is 0.182 e. The van der Waals surface area contributed by atoms with Gasteiger partial charge in [0.05, 0.1) is 29.7 Å². The largest absolute Gasteiger partial charge is 0.373 e. The fraction of sp³-hybridized carbons (Fsp3) is 0.400. The molecule has 2 atom stereocenters. The Morgan fingerprint density at radius 2 is 1.97 bits per heavy atom. The van der Waals surface area contributed by atoms with Crippen molar-refractivity contribution in [3.05, 3.63) is 64.2 Å². The van der Waals surface area contributed by atoms with Crippen LogP contribution in [0.2, 0.25) is 5.02 Å². The molecule has 3 aromatic heterocycles. The van der Waals surface area contributed by atoms with E-state index in [1.54, 1.807) is 6.20 Å². The molecule has 1 aromatic carbocycles. The molecule has 34 heavy (non-hydrogen) atoms. The molecule has 0 N–H and O–H groups in total. The Morgan fingerprint density at radius 3 is 2.76 bits per heavy atom. The minimum Gasteiger partial charge on any atom is -0.373 e. The highest BCUT2D eigenvalue weighted by atomic mass is 35.5. The summed E-state index contributed by atoms with van der Waals surface area (Å²) in [7, 11) is 0. The third-order valence-corrected chi connectivity index (χ3v) is 6.53. The van der Waals surface area contributed by atoms with Gasteiger partial charge in [-0.3, -0.25) is 4.68 Å². The van der Waals surface area contributed by atoms with Gasteiger partial charge in [0.25, 0.3) is 0 Å². The molecule has 6 rings (SSSR count). The van der Waals surface area contributed by atoms with E-state index >= 15 is 4.39 Å². The summed E-state index contributed by atoms with van der Waals surface area (Å²) in [5.41, 5.74) is -0.659. The number of hydrogen-bond donors (Lipinski definition) is 0. The Bertz CT molecular complexity index is 1610. The highest BCUT2D eigenvalue weighted by Crippen LogP contribution is 2.40. The molecule has 174 valence electrons. The fourth-order valence-electron chi connectivity index (χ4n) is 4.34. The lowest BCUT2D eigenvalue weighted by atomic mass is 9.92. The zero-order chi connectivity index (χ0) is 28.4. The number of halogens is 2. The van der Waals surface area contributed by atoms with E-state index in [9.17, 15) is 0 Å². The Balaban J connectivity index is 1.49. The van der Waals surface area contributed by atoms with Gasteiger partial charge in [0.2, 0.25) is 0 Å². The molecule has 0 radical (unpaired) electrons. The average molecular weight is 485 g/mol. The van der Waals surface area contributed by atoms with Gasteiger partial charge in [0, 0.05) is 43.1 Å². The first-order chi connectivity index (χ1) is 18.9. The Labute approximate surface area is 209 Å². The number of fused-ring (bicyclic) bond motifs is 1. The van der Waals surface area contributed by atoms with E-state index in [0.29, 0.717) is 31.3 Å². The third-order valence-electron chi connectivity index (χ3n) is 6.30. The maximum atomic E-state index is 15.2. The Kier molecular flexibility index (Phi) is 3.89. The van der Waals surface area contributed by atoms with Gasteiger partial charge in [-0.15, -0.1) is 0 Å². The summed E-state index contributed by atoms with van der Waals surface area (Å²) in [6, 6.07) is 4.43. The van der Waals surface area contributed by atoms with Crippen molar-refractivity contribution >= 4 is 22.8 Å². The standard InChI is InChI=1S/C25H24ClFN6O/c1-13-14(2)30-25-23(29-13)22(19-6-3-17(26)10-20(19)27)31-24(32-25)15-7-8-34-21(9-15)16-11-28-33(12-16)18-4-5-18/h3,6,10-12,15,18,21H,4-5,7-9H2,1-2H3/t15-,21-/m1/s1/i1D3,2D3. The molecule has 0 spiro atoms. The molecule has 1 aliphatic carbocycles. The SMILES string of the molecule is [2H]C([2H])([2H])c1nc2nc([C@@H]3CCO[C@@H](c4cnn(C5CC5)c4)C3)nc(-c3ccc(Cl)cc3F)c2nc1C([2H])([2H])[2H]. The summed E-state index contributed by atoms with van der Waals surface area (Å²) in [6.45, 7) is -5.34. The monoisotopic (exact) mass is 484 g/mol. The molecule has 1 aliphatic heterocycles. The number of ether oxygens (including phenoxy) is 1. The fourth-order valence-corrected chi connectivity index (χ4v) is 4.50. The van der Waals surface area contributed by atoms with Crippen LogP contribution in [0, 0.1) is 19.5 Å². The number of aryl methyl sites for hydroxylation is 2. The zero-order valence-electron chi connectivity index (χ0n) is 24.0. The van der Waals surface area contributed by atoms with Crippen LogP contribution < -0.4 is 0 Å². The minimum absolute atomic E-state index is 0.00820. The number of aromatic nitrogens is 6. The molecule has 9 heteroatoms. The van der Waals surface area contributed by atoms with Crippen LogP contribution in [0.1, 0.15) is 74.7 Å². The van der Waals surface area contributed by atoms with Crippen molar-refractivity contribution in [2.75, 3.05) is 6.61 Å². The van der Waals surface area contributed by atoms with Crippen molar-refractivity contribution in [2.45, 2.75) is 57.5 Å². The van der Waals surface area contributed by atoms with Gasteiger partial charge in [-0.1, -0.05) is 11.6 Å². The lowest BCUT2D eigenvalue weighted by Crippen LogP contribution is -2.20. The highest BCUT2D eigenvalue weighted by molar-refractivity contribution is 6.30. The maximum absolute atomic E-state index is 15.2. The number of nitrogens with zero attached hydrogens (tertiary/aromatic N) is 6. The number of benzene rings is 1. The van der Waals surface area contributed by atoms with Crippen LogP contribution in [-0.2, 0) is 4.74 Å². The molecule has 0 unspecified atom stereocenters. The van der Waals surface area contributed by atoms with E-state index in [2.05, 4.69) is 25.0 Å². The molecule has 4 aromatic rings. The van der Waals surface area contributed by atoms with Crippen molar-refractivity contribution in [1.82, 2.24) is 29.7 Å². The van der Waals surface area contributed by atoms with Crippen LogP contribution in [0.15, 0.2) is 30.6 Å². The van der Waals surface area contributed by atoms with E-state index < -0.39 is 30.9 Å². The van der Waals surface area contributed by atoms with E-state index in [0.717, 1.165) is 24.5 Å². The van der Waals surface area contributed by atoms with Crippen molar-refractivity contribution < 1.29 is 17.4 Å². The van der Waals surface area contributed by atoms with Crippen LogP contribution in [0.5, 0.6) is 0 Å². The molecular formula is C25H24ClFN6O. The van der Waals surface area contributed by atoms with Crippen molar-refractivity contribution in [3.63, 3.8) is 0 Å². The summed E-state index contributed by atoms with van der Waals surface area (Å²) in [4.78, 5) is 17.6. The first kappa shape index (κ1) is 15.8. The molecule has 4 heterocycles. The van der Waals surface area contributed by atoms with Crippen molar-refractivity contribution in [3.8, 4) is 11.3 Å². The second kappa shape index (κ2) is 8.36. The van der Waals surface area contributed by atoms with E-state index in [1.807, 2.05) is 10.9 Å². The van der Waals surface area contributed by atoms with Crippen molar-refractivity contribution in [1.29, 1.82) is 0 Å². The molecular weight excluding hydrogens is 455 g/mol. The Hall–Kier alpha value is -2.97. The molecule has 2 fully saturated rings. The van der Waals surface area contributed by atoms with Crippen LogP contribution in [0.4, 0.5) is 4.39 Å². The van der Waals surface area contributed by atoms with Gasteiger partial charge in [0.15, 0.2) is 5.65 Å². The second-order valence-corrected chi connectivity index (χ2v) is 9.15. The predicted molar refractivity (Wildman–Crippen MR) is 126 cm³/mol. The lowest BCUT2D eigenvalue weighted by Gasteiger charge is -2.28. The van der Waals surface area contributed by atoms with Gasteiger partial charge in [0.1, 0.15) is 22.9 Å². The topological polar surface area (TPSA) is 78.6 Å².